The van der Waals surface area contributed by atoms with Crippen LogP contribution in [0, 0.1) is 0 Å². The number of carbonyl (C=O) groups is 2. The number of unbranched alkanes of at least 4 members (excludes halogenated alkanes) is 28. The molecule has 1 amide bonds. The summed E-state index contributed by atoms with van der Waals surface area (Å²) in [4.78, 5) is 24.3. The topological polar surface area (TPSA) is 95.9 Å². The molecule has 0 aromatic carbocycles. The van der Waals surface area contributed by atoms with Gasteiger partial charge in [0.15, 0.2) is 0 Å². The average molecular weight is 722 g/mol. The van der Waals surface area contributed by atoms with E-state index < -0.39 is 12.1 Å². The Morgan fingerprint density at radius 2 is 0.922 bits per heavy atom. The summed E-state index contributed by atoms with van der Waals surface area (Å²) >= 11 is 0. The Labute approximate surface area is 317 Å². The van der Waals surface area contributed by atoms with Crippen molar-refractivity contribution in [1.82, 2.24) is 5.32 Å². The highest BCUT2D eigenvalue weighted by atomic mass is 16.5. The van der Waals surface area contributed by atoms with Crippen LogP contribution in [0.4, 0.5) is 0 Å². The van der Waals surface area contributed by atoms with Gasteiger partial charge in [0.2, 0.25) is 5.91 Å². The molecule has 0 saturated heterocycles. The van der Waals surface area contributed by atoms with Gasteiger partial charge in [-0.25, -0.2) is 0 Å². The van der Waals surface area contributed by atoms with Crippen molar-refractivity contribution in [2.24, 2.45) is 0 Å². The Morgan fingerprint density at radius 3 is 1.43 bits per heavy atom. The van der Waals surface area contributed by atoms with Crippen LogP contribution >= 0.6 is 0 Å². The van der Waals surface area contributed by atoms with Gasteiger partial charge in [-0.05, 0) is 51.4 Å². The fraction of sp³-hybridized carbons (Fsp3) is 0.911. The molecule has 0 fully saturated rings. The highest BCUT2D eigenvalue weighted by molar-refractivity contribution is 5.76. The predicted molar refractivity (Wildman–Crippen MR) is 218 cm³/mol. The zero-order valence-electron chi connectivity index (χ0n) is 34.1. The van der Waals surface area contributed by atoms with Crippen LogP contribution in [0.15, 0.2) is 12.2 Å². The minimum atomic E-state index is -0.671. The van der Waals surface area contributed by atoms with Crippen molar-refractivity contribution in [1.29, 1.82) is 0 Å². The Kier molecular flexibility index (Phi) is 40.2. The van der Waals surface area contributed by atoms with E-state index in [1.54, 1.807) is 0 Å². The monoisotopic (exact) mass is 722 g/mol. The SMILES string of the molecule is CCCCC/C=C\CCCCCCCC(=O)OCCCCCCCCCCCCCCC(=O)NC(CO)C(O)CCCCCCCCCCCC. The number of nitrogens with one attached hydrogen (secondary N) is 1. The molecule has 0 spiro atoms. The van der Waals surface area contributed by atoms with E-state index in [0.717, 1.165) is 57.8 Å². The summed E-state index contributed by atoms with van der Waals surface area (Å²) in [6, 6.07) is -0.550. The molecule has 2 unspecified atom stereocenters. The molecule has 302 valence electrons. The maximum Gasteiger partial charge on any atom is 0.305 e. The number of amides is 1. The molecule has 0 aliphatic rings. The zero-order chi connectivity index (χ0) is 37.3. The lowest BCUT2D eigenvalue weighted by molar-refractivity contribution is -0.143. The largest absolute Gasteiger partial charge is 0.466 e. The second-order valence-electron chi connectivity index (χ2n) is 15.4. The van der Waals surface area contributed by atoms with Crippen LogP contribution < -0.4 is 5.32 Å². The number of carbonyl (C=O) groups excluding carboxylic acids is 2. The molecular formula is C45H87NO5. The first-order valence-electron chi connectivity index (χ1n) is 22.4. The van der Waals surface area contributed by atoms with Crippen LogP contribution in [0.3, 0.4) is 0 Å². The molecule has 6 heteroatoms. The molecule has 0 heterocycles. The molecule has 0 aliphatic heterocycles. The van der Waals surface area contributed by atoms with Gasteiger partial charge in [0.1, 0.15) is 0 Å². The highest BCUT2D eigenvalue weighted by Gasteiger charge is 2.20. The molecule has 0 radical (unpaired) electrons. The van der Waals surface area contributed by atoms with Gasteiger partial charge >= 0.3 is 5.97 Å². The number of hydrogen-bond acceptors (Lipinski definition) is 5. The number of aliphatic hydroxyl groups excluding tert-OH is 2. The molecule has 0 aliphatic carbocycles. The Hall–Kier alpha value is -1.40. The van der Waals surface area contributed by atoms with E-state index in [2.05, 4.69) is 31.3 Å². The van der Waals surface area contributed by atoms with Crippen LogP contribution in [0.5, 0.6) is 0 Å². The molecular weight excluding hydrogens is 634 g/mol. The maximum atomic E-state index is 12.4. The van der Waals surface area contributed by atoms with Gasteiger partial charge in [0.25, 0.3) is 0 Å². The van der Waals surface area contributed by atoms with E-state index in [4.69, 9.17) is 4.74 Å². The van der Waals surface area contributed by atoms with E-state index in [0.29, 0.717) is 25.9 Å². The highest BCUT2D eigenvalue weighted by Crippen LogP contribution is 2.15. The van der Waals surface area contributed by atoms with Gasteiger partial charge in [-0.2, -0.15) is 0 Å². The summed E-state index contributed by atoms with van der Waals surface area (Å²) in [5, 5.41) is 23.0. The van der Waals surface area contributed by atoms with E-state index in [1.807, 2.05) is 0 Å². The fourth-order valence-corrected chi connectivity index (χ4v) is 6.81. The van der Waals surface area contributed by atoms with Crippen molar-refractivity contribution in [2.45, 2.75) is 251 Å². The van der Waals surface area contributed by atoms with E-state index in [1.165, 1.54) is 148 Å². The van der Waals surface area contributed by atoms with Crippen LogP contribution in [0.1, 0.15) is 239 Å². The zero-order valence-corrected chi connectivity index (χ0v) is 34.1. The van der Waals surface area contributed by atoms with Crippen LogP contribution in [-0.4, -0.2) is 47.4 Å². The number of hydrogen-bond donors (Lipinski definition) is 3. The van der Waals surface area contributed by atoms with Gasteiger partial charge < -0.3 is 20.3 Å². The Morgan fingerprint density at radius 1 is 0.529 bits per heavy atom. The second-order valence-corrected chi connectivity index (χ2v) is 15.4. The smallest absolute Gasteiger partial charge is 0.305 e. The number of aliphatic hydroxyl groups is 2. The first-order chi connectivity index (χ1) is 25.0. The van der Waals surface area contributed by atoms with Crippen LogP contribution in [0.25, 0.3) is 0 Å². The third-order valence-electron chi connectivity index (χ3n) is 10.3. The number of ether oxygens (including phenoxy) is 1. The molecule has 51 heavy (non-hydrogen) atoms. The Bertz CT molecular complexity index is 757. The van der Waals surface area contributed by atoms with Crippen molar-refractivity contribution >= 4 is 11.9 Å². The molecule has 0 bridgehead atoms. The first kappa shape index (κ1) is 49.6. The standard InChI is InChI=1S/C45H87NO5/c1-3-5-7-9-11-13-15-19-23-27-31-35-39-45(50)51-40-36-32-28-24-20-17-16-18-22-26-30-34-38-44(49)46-42(41-47)43(48)37-33-29-25-21-14-12-10-8-6-4-2/h11,13,42-43,47-48H,3-10,12,14-41H2,1-2H3,(H,46,49)/b13-11-. The molecule has 2 atom stereocenters. The number of allylic oxidation sites excluding steroid dienone is 2. The molecule has 0 aromatic rings. The molecule has 3 N–H and O–H groups in total. The summed E-state index contributed by atoms with van der Waals surface area (Å²) in [6.07, 6.45) is 44.5. The fourth-order valence-electron chi connectivity index (χ4n) is 6.81. The summed E-state index contributed by atoms with van der Waals surface area (Å²) in [5.41, 5.74) is 0. The van der Waals surface area contributed by atoms with Gasteiger partial charge in [-0.15, -0.1) is 0 Å². The molecule has 0 saturated carbocycles. The van der Waals surface area contributed by atoms with Crippen molar-refractivity contribution < 1.29 is 24.5 Å². The molecule has 0 rings (SSSR count). The minimum Gasteiger partial charge on any atom is -0.466 e. The van der Waals surface area contributed by atoms with Crippen molar-refractivity contribution in [2.75, 3.05) is 13.2 Å². The van der Waals surface area contributed by atoms with Gasteiger partial charge in [0.05, 0.1) is 25.4 Å². The van der Waals surface area contributed by atoms with Crippen molar-refractivity contribution in [3.8, 4) is 0 Å². The van der Waals surface area contributed by atoms with Crippen LogP contribution in [0.2, 0.25) is 0 Å². The van der Waals surface area contributed by atoms with Crippen molar-refractivity contribution in [3.05, 3.63) is 12.2 Å². The van der Waals surface area contributed by atoms with E-state index in [-0.39, 0.29) is 18.5 Å². The summed E-state index contributed by atoms with van der Waals surface area (Å²) < 4.78 is 5.43. The quantitative estimate of drug-likeness (QED) is 0.0332. The normalized spacial score (nSPS) is 12.8. The average Bonchev–Trinajstić information content (AvgIpc) is 3.13. The lowest BCUT2D eigenvalue weighted by Crippen LogP contribution is -2.45. The first-order valence-corrected chi connectivity index (χ1v) is 22.4. The van der Waals surface area contributed by atoms with Gasteiger partial charge in [-0.3, -0.25) is 9.59 Å². The minimum absolute atomic E-state index is 0.0199. The van der Waals surface area contributed by atoms with Gasteiger partial charge in [-0.1, -0.05) is 187 Å². The van der Waals surface area contributed by atoms with Crippen molar-refractivity contribution in [3.63, 3.8) is 0 Å². The van der Waals surface area contributed by atoms with E-state index >= 15 is 0 Å². The third kappa shape index (κ3) is 38.1. The summed E-state index contributed by atoms with van der Waals surface area (Å²) in [5.74, 6) is -0.0732. The Balaban J connectivity index is 3.46. The summed E-state index contributed by atoms with van der Waals surface area (Å²) in [6.45, 7) is 4.87. The predicted octanol–water partition coefficient (Wildman–Crippen LogP) is 12.6. The summed E-state index contributed by atoms with van der Waals surface area (Å²) in [7, 11) is 0. The second kappa shape index (κ2) is 41.4. The lowest BCUT2D eigenvalue weighted by atomic mass is 10.0. The lowest BCUT2D eigenvalue weighted by Gasteiger charge is -2.22. The maximum absolute atomic E-state index is 12.4. The van der Waals surface area contributed by atoms with E-state index in [9.17, 15) is 19.8 Å². The number of esters is 1. The number of rotatable bonds is 41. The molecule has 6 nitrogen and oxygen atoms in total. The molecule has 0 aromatic heterocycles. The van der Waals surface area contributed by atoms with Gasteiger partial charge in [0, 0.05) is 12.8 Å². The third-order valence-corrected chi connectivity index (χ3v) is 10.3. The van der Waals surface area contributed by atoms with Crippen LogP contribution in [-0.2, 0) is 14.3 Å².